The number of aliphatic hydroxyl groups excluding tert-OH is 1. The molecule has 0 spiro atoms. The van der Waals surface area contributed by atoms with E-state index in [0.717, 1.165) is 0 Å². The lowest BCUT2D eigenvalue weighted by Crippen LogP contribution is -2.59. The summed E-state index contributed by atoms with van der Waals surface area (Å²) in [6.07, 6.45) is 0.441. The molecule has 0 aromatic heterocycles. The van der Waals surface area contributed by atoms with Gasteiger partial charge in [-0.2, -0.15) is 0 Å². The normalized spacial score (nSPS) is 41.3. The summed E-state index contributed by atoms with van der Waals surface area (Å²) >= 11 is 0. The molecule has 14 heavy (non-hydrogen) atoms. The van der Waals surface area contributed by atoms with Crippen LogP contribution in [-0.4, -0.2) is 37.5 Å². The Labute approximate surface area is 83.5 Å². The van der Waals surface area contributed by atoms with Crippen LogP contribution in [0.5, 0.6) is 0 Å². The van der Waals surface area contributed by atoms with E-state index >= 15 is 0 Å². The molecule has 1 N–H and O–H groups in total. The molecule has 0 radical (unpaired) electrons. The molecule has 0 saturated carbocycles. The summed E-state index contributed by atoms with van der Waals surface area (Å²) in [5.74, 6) is -1.08. The highest BCUT2D eigenvalue weighted by molar-refractivity contribution is 5.08. The van der Waals surface area contributed by atoms with Crippen LogP contribution in [0.1, 0.15) is 13.3 Å². The Balaban J connectivity index is 2.08. The van der Waals surface area contributed by atoms with E-state index in [4.69, 9.17) is 19.3 Å². The molecule has 0 unspecified atom stereocenters. The zero-order valence-corrected chi connectivity index (χ0v) is 8.41. The van der Waals surface area contributed by atoms with Crippen LogP contribution in [0.3, 0.4) is 0 Å². The van der Waals surface area contributed by atoms with Gasteiger partial charge in [-0.05, 0) is 6.42 Å². The van der Waals surface area contributed by atoms with E-state index in [1.165, 1.54) is 0 Å². The van der Waals surface area contributed by atoms with Gasteiger partial charge in [0, 0.05) is 17.6 Å². The topological polar surface area (TPSA) is 47.9 Å². The number of hydrogen-bond acceptors (Lipinski definition) is 4. The van der Waals surface area contributed by atoms with Gasteiger partial charge in [0.05, 0.1) is 19.8 Å². The summed E-state index contributed by atoms with van der Waals surface area (Å²) < 4.78 is 16.6. The molecule has 3 aliphatic rings. The van der Waals surface area contributed by atoms with Gasteiger partial charge in [0.1, 0.15) is 0 Å². The molecular formula is C10H16O4. The maximum Gasteiger partial charge on any atom is 0.307 e. The Morgan fingerprint density at radius 1 is 1.29 bits per heavy atom. The van der Waals surface area contributed by atoms with Crippen LogP contribution in [0.25, 0.3) is 0 Å². The quantitative estimate of drug-likeness (QED) is 0.680. The van der Waals surface area contributed by atoms with Crippen molar-refractivity contribution in [2.24, 2.45) is 5.41 Å². The fraction of sp³-hybridized carbons (Fsp3) is 0.800. The second kappa shape index (κ2) is 3.31. The molecule has 4 heteroatoms. The van der Waals surface area contributed by atoms with Gasteiger partial charge in [-0.3, -0.25) is 0 Å². The van der Waals surface area contributed by atoms with E-state index < -0.39 is 5.97 Å². The predicted molar refractivity (Wildman–Crippen MR) is 49.5 cm³/mol. The highest BCUT2D eigenvalue weighted by atomic mass is 16.9. The van der Waals surface area contributed by atoms with E-state index in [2.05, 4.69) is 13.5 Å². The average Bonchev–Trinajstić information content (AvgIpc) is 2.20. The van der Waals surface area contributed by atoms with Crippen molar-refractivity contribution in [3.8, 4) is 0 Å². The molecule has 3 saturated heterocycles. The lowest BCUT2D eigenvalue weighted by molar-refractivity contribution is -0.447. The molecule has 3 aliphatic heterocycles. The molecule has 4 nitrogen and oxygen atoms in total. The van der Waals surface area contributed by atoms with Crippen molar-refractivity contribution >= 4 is 0 Å². The molecule has 80 valence electrons. The van der Waals surface area contributed by atoms with E-state index in [0.29, 0.717) is 31.8 Å². The molecule has 2 bridgehead atoms. The van der Waals surface area contributed by atoms with E-state index in [-0.39, 0.29) is 12.0 Å². The molecule has 3 heterocycles. The summed E-state index contributed by atoms with van der Waals surface area (Å²) in [5, 5.41) is 8.81. The molecule has 0 atom stereocenters. The van der Waals surface area contributed by atoms with Crippen LogP contribution in [0.15, 0.2) is 12.2 Å². The Morgan fingerprint density at radius 2 is 1.79 bits per heavy atom. The fourth-order valence-electron chi connectivity index (χ4n) is 1.65. The number of aliphatic hydroxyl groups is 1. The summed E-state index contributed by atoms with van der Waals surface area (Å²) in [6, 6.07) is 0. The van der Waals surface area contributed by atoms with Crippen LogP contribution < -0.4 is 0 Å². The average molecular weight is 200 g/mol. The van der Waals surface area contributed by atoms with Crippen molar-refractivity contribution in [1.82, 2.24) is 0 Å². The Hall–Kier alpha value is -0.420. The first-order chi connectivity index (χ1) is 6.60. The second-order valence-electron chi connectivity index (χ2n) is 4.31. The Kier molecular flexibility index (Phi) is 2.39. The minimum Gasteiger partial charge on any atom is -0.396 e. The van der Waals surface area contributed by atoms with Crippen molar-refractivity contribution in [2.75, 3.05) is 26.4 Å². The van der Waals surface area contributed by atoms with Crippen LogP contribution in [0.2, 0.25) is 0 Å². The fourth-order valence-corrected chi connectivity index (χ4v) is 1.65. The highest BCUT2D eigenvalue weighted by Gasteiger charge is 2.51. The van der Waals surface area contributed by atoms with Gasteiger partial charge in [-0.15, -0.1) is 0 Å². The van der Waals surface area contributed by atoms with Crippen LogP contribution in [0, 0.1) is 5.41 Å². The second-order valence-corrected chi connectivity index (χ2v) is 4.31. The zero-order chi connectivity index (χ0) is 10.2. The summed E-state index contributed by atoms with van der Waals surface area (Å²) in [6.45, 7) is 7.79. The molecule has 0 aromatic rings. The molecule has 3 rings (SSSR count). The summed E-state index contributed by atoms with van der Waals surface area (Å²) in [5.41, 5.74) is 0.628. The Bertz CT molecular complexity index is 224. The molecule has 0 aliphatic carbocycles. The first kappa shape index (κ1) is 10.1. The highest BCUT2D eigenvalue weighted by Crippen LogP contribution is 2.41. The lowest BCUT2D eigenvalue weighted by Gasteiger charge is -2.50. The third-order valence-electron chi connectivity index (χ3n) is 2.68. The minimum atomic E-state index is -1.08. The minimum absolute atomic E-state index is 0.0265. The standard InChI is InChI=1S/C10H16O4/c1-8(3-4-11)10-12-5-9(2,6-13-10)7-14-10/h11H,1,3-7H2,2H3. The van der Waals surface area contributed by atoms with Gasteiger partial charge in [-0.1, -0.05) is 13.5 Å². The maximum absolute atomic E-state index is 8.81. The number of fused-ring (bicyclic) bond motifs is 3. The van der Waals surface area contributed by atoms with Gasteiger partial charge in [-0.25, -0.2) is 0 Å². The van der Waals surface area contributed by atoms with Crippen molar-refractivity contribution in [3.05, 3.63) is 12.2 Å². The van der Waals surface area contributed by atoms with Gasteiger partial charge >= 0.3 is 5.97 Å². The number of hydrogen-bond donors (Lipinski definition) is 1. The van der Waals surface area contributed by atoms with Gasteiger partial charge in [0.25, 0.3) is 0 Å². The third-order valence-corrected chi connectivity index (χ3v) is 2.68. The molecular weight excluding hydrogens is 184 g/mol. The monoisotopic (exact) mass is 200 g/mol. The third kappa shape index (κ3) is 1.48. The SMILES string of the molecule is C=C(CCO)C12OCC(C)(CO1)CO2. The maximum atomic E-state index is 8.81. The largest absolute Gasteiger partial charge is 0.396 e. The summed E-state index contributed by atoms with van der Waals surface area (Å²) in [7, 11) is 0. The first-order valence-electron chi connectivity index (χ1n) is 4.81. The Morgan fingerprint density at radius 3 is 2.21 bits per heavy atom. The van der Waals surface area contributed by atoms with Crippen molar-refractivity contribution in [1.29, 1.82) is 0 Å². The summed E-state index contributed by atoms with van der Waals surface area (Å²) in [4.78, 5) is 0. The molecule has 3 fully saturated rings. The van der Waals surface area contributed by atoms with Gasteiger partial charge in [0.2, 0.25) is 0 Å². The van der Waals surface area contributed by atoms with E-state index in [1.807, 2.05) is 0 Å². The van der Waals surface area contributed by atoms with Crippen LogP contribution >= 0.6 is 0 Å². The molecule has 0 aromatic carbocycles. The number of rotatable bonds is 3. The molecule has 0 amide bonds. The van der Waals surface area contributed by atoms with Crippen LogP contribution in [0.4, 0.5) is 0 Å². The zero-order valence-electron chi connectivity index (χ0n) is 8.41. The van der Waals surface area contributed by atoms with Crippen molar-refractivity contribution in [2.45, 2.75) is 19.3 Å². The lowest BCUT2D eigenvalue weighted by atomic mass is 9.91. The van der Waals surface area contributed by atoms with Gasteiger partial charge < -0.3 is 19.3 Å². The number of ether oxygens (including phenoxy) is 3. The van der Waals surface area contributed by atoms with E-state index in [1.54, 1.807) is 0 Å². The van der Waals surface area contributed by atoms with Crippen molar-refractivity contribution in [3.63, 3.8) is 0 Å². The first-order valence-corrected chi connectivity index (χ1v) is 4.81. The smallest absolute Gasteiger partial charge is 0.307 e. The predicted octanol–water partition coefficient (Wildman–Crippen LogP) is 0.662. The van der Waals surface area contributed by atoms with Crippen LogP contribution in [-0.2, 0) is 14.2 Å². The van der Waals surface area contributed by atoms with Gasteiger partial charge in [0.15, 0.2) is 0 Å². The van der Waals surface area contributed by atoms with E-state index in [9.17, 15) is 0 Å². The van der Waals surface area contributed by atoms with Crippen molar-refractivity contribution < 1.29 is 19.3 Å².